The monoisotopic (exact) mass is 400 g/mol. The highest BCUT2D eigenvalue weighted by atomic mass is 35.5. The molecule has 0 bridgehead atoms. The van der Waals surface area contributed by atoms with Gasteiger partial charge in [0, 0.05) is 32.2 Å². The number of piperazine rings is 1. The number of anilines is 1. The Morgan fingerprint density at radius 2 is 1.71 bits per heavy atom. The van der Waals surface area contributed by atoms with Crippen molar-refractivity contribution in [2.45, 2.75) is 38.2 Å². The Kier molecular flexibility index (Phi) is 5.95. The number of ether oxygens (including phenoxy) is 1. The van der Waals surface area contributed by atoms with Crippen molar-refractivity contribution in [1.82, 2.24) is 15.1 Å². The highest BCUT2D eigenvalue weighted by Crippen LogP contribution is 2.23. The second-order valence-electron chi connectivity index (χ2n) is 7.37. The molecule has 7 heteroatoms. The van der Waals surface area contributed by atoms with E-state index >= 15 is 0 Å². The molecule has 2 aromatic rings. The van der Waals surface area contributed by atoms with Crippen LogP contribution in [0.1, 0.15) is 42.5 Å². The summed E-state index contributed by atoms with van der Waals surface area (Å²) in [6, 6.07) is 11.0. The number of amides is 1. The van der Waals surface area contributed by atoms with Crippen LogP contribution >= 0.6 is 11.6 Å². The quantitative estimate of drug-likeness (QED) is 0.781. The topological polar surface area (TPSA) is 58.6 Å². The van der Waals surface area contributed by atoms with Crippen molar-refractivity contribution < 1.29 is 9.53 Å². The van der Waals surface area contributed by atoms with Gasteiger partial charge in [-0.05, 0) is 43.9 Å². The van der Waals surface area contributed by atoms with Gasteiger partial charge in [0.15, 0.2) is 5.82 Å². The lowest BCUT2D eigenvalue weighted by molar-refractivity contribution is 0.0746. The highest BCUT2D eigenvalue weighted by molar-refractivity contribution is 6.33. The molecule has 0 atom stereocenters. The zero-order valence-corrected chi connectivity index (χ0v) is 16.6. The number of aromatic nitrogens is 2. The molecule has 0 unspecified atom stereocenters. The maximum Gasteiger partial charge on any atom is 0.255 e. The molecule has 1 saturated heterocycles. The maximum atomic E-state index is 12.7. The molecule has 6 nitrogen and oxygen atoms in total. The zero-order chi connectivity index (χ0) is 19.3. The van der Waals surface area contributed by atoms with Crippen LogP contribution in [-0.4, -0.2) is 53.3 Å². The Morgan fingerprint density at radius 1 is 0.964 bits per heavy atom. The fourth-order valence-corrected chi connectivity index (χ4v) is 4.06. The second-order valence-corrected chi connectivity index (χ2v) is 7.77. The Morgan fingerprint density at radius 3 is 2.39 bits per heavy atom. The van der Waals surface area contributed by atoms with Crippen molar-refractivity contribution >= 4 is 23.3 Å². The van der Waals surface area contributed by atoms with Crippen molar-refractivity contribution in [2.24, 2.45) is 0 Å². The molecule has 28 heavy (non-hydrogen) atoms. The summed E-state index contributed by atoms with van der Waals surface area (Å²) in [5.41, 5.74) is 0.557. The van der Waals surface area contributed by atoms with Crippen LogP contribution in [0.5, 0.6) is 5.88 Å². The number of carbonyl (C=O) groups excluding carboxylic acids is 1. The van der Waals surface area contributed by atoms with Gasteiger partial charge in [0.1, 0.15) is 6.10 Å². The van der Waals surface area contributed by atoms with Gasteiger partial charge in [0.05, 0.1) is 10.6 Å². The second kappa shape index (κ2) is 8.78. The van der Waals surface area contributed by atoms with Crippen molar-refractivity contribution in [3.8, 4) is 5.88 Å². The Bertz CT molecular complexity index is 800. The van der Waals surface area contributed by atoms with Crippen LogP contribution < -0.4 is 9.64 Å². The van der Waals surface area contributed by atoms with E-state index in [1.165, 1.54) is 19.3 Å². The molecule has 1 amide bonds. The van der Waals surface area contributed by atoms with Crippen molar-refractivity contribution in [2.75, 3.05) is 31.1 Å². The highest BCUT2D eigenvalue weighted by Gasteiger charge is 2.24. The third-order valence-electron chi connectivity index (χ3n) is 5.46. The van der Waals surface area contributed by atoms with Crippen LogP contribution in [0.4, 0.5) is 5.82 Å². The average molecular weight is 401 g/mol. The number of rotatable bonds is 4. The zero-order valence-electron chi connectivity index (χ0n) is 15.9. The first-order valence-electron chi connectivity index (χ1n) is 10.00. The van der Waals surface area contributed by atoms with Gasteiger partial charge in [0.2, 0.25) is 5.88 Å². The van der Waals surface area contributed by atoms with Crippen molar-refractivity contribution in [1.29, 1.82) is 0 Å². The normalized spacial score (nSPS) is 18.2. The van der Waals surface area contributed by atoms with Gasteiger partial charge >= 0.3 is 0 Å². The van der Waals surface area contributed by atoms with Crippen LogP contribution in [0.25, 0.3) is 0 Å². The van der Waals surface area contributed by atoms with Gasteiger partial charge in [-0.2, -0.15) is 0 Å². The fourth-order valence-electron chi connectivity index (χ4n) is 3.84. The number of benzene rings is 1. The van der Waals surface area contributed by atoms with E-state index in [2.05, 4.69) is 15.1 Å². The van der Waals surface area contributed by atoms with E-state index in [0.29, 0.717) is 42.6 Å². The van der Waals surface area contributed by atoms with Crippen LogP contribution in [0, 0.1) is 0 Å². The third-order valence-corrected chi connectivity index (χ3v) is 5.79. The van der Waals surface area contributed by atoms with Gasteiger partial charge in [-0.15, -0.1) is 10.2 Å². The lowest BCUT2D eigenvalue weighted by Crippen LogP contribution is -2.49. The van der Waals surface area contributed by atoms with Crippen molar-refractivity contribution in [3.63, 3.8) is 0 Å². The first kappa shape index (κ1) is 19.0. The Balaban J connectivity index is 1.32. The third kappa shape index (κ3) is 4.38. The molecular weight excluding hydrogens is 376 g/mol. The lowest BCUT2D eigenvalue weighted by atomic mass is 9.98. The van der Waals surface area contributed by atoms with E-state index in [0.717, 1.165) is 18.7 Å². The summed E-state index contributed by atoms with van der Waals surface area (Å²) in [7, 11) is 0. The summed E-state index contributed by atoms with van der Waals surface area (Å²) in [6.45, 7) is 2.69. The Labute approximate surface area is 170 Å². The predicted octanol–water partition coefficient (Wildman–Crippen LogP) is 3.80. The van der Waals surface area contributed by atoms with E-state index in [-0.39, 0.29) is 12.0 Å². The summed E-state index contributed by atoms with van der Waals surface area (Å²) in [5.74, 6) is 1.40. The summed E-state index contributed by atoms with van der Waals surface area (Å²) < 4.78 is 5.95. The average Bonchev–Trinajstić information content (AvgIpc) is 2.75. The number of hydrogen-bond donors (Lipinski definition) is 0. The standard InChI is InChI=1S/C21H25ClN4O2/c22-18-9-5-4-8-17(18)21(27)26-14-12-25(13-15-26)19-10-11-20(24-23-19)28-16-6-2-1-3-7-16/h4-5,8-11,16H,1-3,6-7,12-15H2. The molecule has 148 valence electrons. The molecule has 0 N–H and O–H groups in total. The number of carbonyl (C=O) groups is 1. The molecule has 4 rings (SSSR count). The number of nitrogens with zero attached hydrogens (tertiary/aromatic N) is 4. The first-order valence-corrected chi connectivity index (χ1v) is 10.4. The molecular formula is C21H25ClN4O2. The molecule has 2 aliphatic rings. The molecule has 1 saturated carbocycles. The van der Waals surface area contributed by atoms with Crippen LogP contribution in [0.2, 0.25) is 5.02 Å². The fraction of sp³-hybridized carbons (Fsp3) is 0.476. The van der Waals surface area contributed by atoms with Gasteiger partial charge in [-0.1, -0.05) is 30.2 Å². The van der Waals surface area contributed by atoms with E-state index in [4.69, 9.17) is 16.3 Å². The van der Waals surface area contributed by atoms with Crippen LogP contribution in [0.15, 0.2) is 36.4 Å². The predicted molar refractivity (Wildman–Crippen MR) is 109 cm³/mol. The minimum Gasteiger partial charge on any atom is -0.473 e. The molecule has 0 spiro atoms. The van der Waals surface area contributed by atoms with Crippen molar-refractivity contribution in [3.05, 3.63) is 47.0 Å². The smallest absolute Gasteiger partial charge is 0.255 e. The minimum atomic E-state index is -0.0208. The largest absolute Gasteiger partial charge is 0.473 e. The summed E-state index contributed by atoms with van der Waals surface area (Å²) in [6.07, 6.45) is 6.24. The van der Waals surface area contributed by atoms with E-state index in [1.54, 1.807) is 12.1 Å². The first-order chi connectivity index (χ1) is 13.7. The number of halogens is 1. The SMILES string of the molecule is O=C(c1ccccc1Cl)N1CCN(c2ccc(OC3CCCCC3)nn2)CC1. The molecule has 1 aliphatic heterocycles. The molecule has 2 fully saturated rings. The summed E-state index contributed by atoms with van der Waals surface area (Å²) >= 11 is 6.16. The molecule has 1 aromatic heterocycles. The Hall–Kier alpha value is -2.34. The van der Waals surface area contributed by atoms with E-state index in [1.807, 2.05) is 29.2 Å². The van der Waals surface area contributed by atoms with Crippen LogP contribution in [-0.2, 0) is 0 Å². The molecule has 2 heterocycles. The van der Waals surface area contributed by atoms with Crippen LogP contribution in [0.3, 0.4) is 0 Å². The number of hydrogen-bond acceptors (Lipinski definition) is 5. The summed E-state index contributed by atoms with van der Waals surface area (Å²) in [5, 5.41) is 9.08. The maximum absolute atomic E-state index is 12.7. The summed E-state index contributed by atoms with van der Waals surface area (Å²) in [4.78, 5) is 16.7. The molecule has 1 aliphatic carbocycles. The van der Waals surface area contributed by atoms with E-state index in [9.17, 15) is 4.79 Å². The minimum absolute atomic E-state index is 0.0208. The molecule has 1 aromatic carbocycles. The van der Waals surface area contributed by atoms with Gasteiger partial charge < -0.3 is 14.5 Å². The van der Waals surface area contributed by atoms with E-state index < -0.39 is 0 Å². The van der Waals surface area contributed by atoms with Gasteiger partial charge in [-0.25, -0.2) is 0 Å². The lowest BCUT2D eigenvalue weighted by Gasteiger charge is -2.35. The molecule has 0 radical (unpaired) electrons. The van der Waals surface area contributed by atoms with Gasteiger partial charge in [0.25, 0.3) is 5.91 Å². The van der Waals surface area contributed by atoms with Gasteiger partial charge in [-0.3, -0.25) is 4.79 Å².